The molecule has 13 heavy (non-hydrogen) atoms. The summed E-state index contributed by atoms with van der Waals surface area (Å²) >= 11 is 0. The largest absolute Gasteiger partial charge is 0.465 e. The van der Waals surface area contributed by atoms with Crippen molar-refractivity contribution in [1.82, 2.24) is 0 Å². The van der Waals surface area contributed by atoms with Crippen LogP contribution in [0.5, 0.6) is 0 Å². The lowest BCUT2D eigenvalue weighted by atomic mass is 10.1. The molecule has 4 nitrogen and oxygen atoms in total. The molecule has 0 atom stereocenters. The van der Waals surface area contributed by atoms with Gasteiger partial charge in [0.25, 0.3) is 0 Å². The minimum atomic E-state index is -0.938. The van der Waals surface area contributed by atoms with Gasteiger partial charge in [0.2, 0.25) is 0 Å². The van der Waals surface area contributed by atoms with Gasteiger partial charge in [-0.3, -0.25) is 9.59 Å². The Morgan fingerprint density at radius 3 is 2.00 bits per heavy atom. The first-order valence-electron chi connectivity index (χ1n) is 5.00. The summed E-state index contributed by atoms with van der Waals surface area (Å²) in [5.41, 5.74) is 0. The number of rotatable bonds is 5. The van der Waals surface area contributed by atoms with Gasteiger partial charge in [0.15, 0.2) is 5.92 Å². The summed E-state index contributed by atoms with van der Waals surface area (Å²) in [5, 5.41) is 0. The van der Waals surface area contributed by atoms with Crippen molar-refractivity contribution in [2.45, 2.75) is 27.2 Å². The maximum absolute atomic E-state index is 11.2. The summed E-state index contributed by atoms with van der Waals surface area (Å²) in [7, 11) is 0. The van der Waals surface area contributed by atoms with Crippen LogP contribution in [0, 0.1) is 5.92 Å². The molecule has 0 saturated heterocycles. The van der Waals surface area contributed by atoms with Crippen LogP contribution in [0.4, 0.5) is 0 Å². The molecular weight excluding hydrogens is 172 g/mol. The van der Waals surface area contributed by atoms with Crippen molar-refractivity contribution in [2.75, 3.05) is 13.2 Å². The van der Waals surface area contributed by atoms with Crippen LogP contribution < -0.4 is 0 Å². The van der Waals surface area contributed by atoms with Gasteiger partial charge < -0.3 is 9.47 Å². The second kappa shape index (κ2) is 6.46. The Kier molecular flexibility index (Phi) is 4.98. The highest BCUT2D eigenvalue weighted by molar-refractivity contribution is 5.94. The Balaban J connectivity index is 4.25. The number of carbonyl (C=O) groups excluding carboxylic acids is 2. The topological polar surface area (TPSA) is 52.6 Å². The molecule has 0 heterocycles. The fourth-order valence-corrected chi connectivity index (χ4v) is 0.818. The van der Waals surface area contributed by atoms with Crippen LogP contribution in [0.3, 0.4) is 0 Å². The van der Waals surface area contributed by atoms with Gasteiger partial charge in [0, 0.05) is 1.37 Å². The SMILES string of the molecule is [2H]CCC(C(=O)OCC)C(=O)OCC. The summed E-state index contributed by atoms with van der Waals surface area (Å²) in [6.45, 7) is 3.80. The van der Waals surface area contributed by atoms with Crippen molar-refractivity contribution in [1.29, 1.82) is 0 Å². The van der Waals surface area contributed by atoms with Gasteiger partial charge in [-0.1, -0.05) is 6.90 Å². The zero-order valence-corrected chi connectivity index (χ0v) is 8.04. The van der Waals surface area contributed by atoms with Crippen molar-refractivity contribution in [3.05, 3.63) is 0 Å². The number of esters is 2. The van der Waals surface area contributed by atoms with Gasteiger partial charge in [-0.2, -0.15) is 0 Å². The molecule has 4 heteroatoms. The van der Waals surface area contributed by atoms with Crippen molar-refractivity contribution in [3.8, 4) is 0 Å². The highest BCUT2D eigenvalue weighted by Crippen LogP contribution is 2.07. The molecule has 0 aromatic carbocycles. The Morgan fingerprint density at radius 2 is 1.69 bits per heavy atom. The van der Waals surface area contributed by atoms with Crippen LogP contribution in [0.2, 0.25) is 0 Å². The van der Waals surface area contributed by atoms with Gasteiger partial charge >= 0.3 is 11.9 Å². The van der Waals surface area contributed by atoms with Crippen molar-refractivity contribution >= 4 is 11.9 Å². The average Bonchev–Trinajstić information content (AvgIpc) is 2.14. The number of carbonyl (C=O) groups is 2. The molecule has 0 bridgehead atoms. The highest BCUT2D eigenvalue weighted by atomic mass is 16.6. The summed E-state index contributed by atoms with van der Waals surface area (Å²) in [5.74, 6) is -2.14. The van der Waals surface area contributed by atoms with Gasteiger partial charge in [0.1, 0.15) is 0 Å². The Morgan fingerprint density at radius 1 is 1.23 bits per heavy atom. The van der Waals surface area contributed by atoms with Gasteiger partial charge in [0.05, 0.1) is 13.2 Å². The van der Waals surface area contributed by atoms with E-state index in [1.807, 2.05) is 0 Å². The first-order valence-corrected chi connectivity index (χ1v) is 4.29. The van der Waals surface area contributed by atoms with E-state index in [9.17, 15) is 9.59 Å². The smallest absolute Gasteiger partial charge is 0.320 e. The zero-order chi connectivity index (χ0) is 11.0. The first kappa shape index (κ1) is 10.0. The average molecular weight is 189 g/mol. The lowest BCUT2D eigenvalue weighted by molar-refractivity contribution is -0.161. The van der Waals surface area contributed by atoms with Crippen LogP contribution in [0.1, 0.15) is 28.5 Å². The van der Waals surface area contributed by atoms with Crippen molar-refractivity contribution < 1.29 is 20.4 Å². The number of hydrogen-bond acceptors (Lipinski definition) is 4. The summed E-state index contributed by atoms with van der Waals surface area (Å²) < 4.78 is 16.4. The van der Waals surface area contributed by atoms with E-state index in [0.29, 0.717) is 0 Å². The standard InChI is InChI=1S/C9H16O4/c1-4-7(8(10)12-5-2)9(11)13-6-3/h7H,4-6H2,1-3H3/i1D. The minimum Gasteiger partial charge on any atom is -0.465 e. The van der Waals surface area contributed by atoms with Crippen molar-refractivity contribution in [3.63, 3.8) is 0 Å². The molecule has 0 aliphatic heterocycles. The van der Waals surface area contributed by atoms with E-state index in [1.54, 1.807) is 13.8 Å². The van der Waals surface area contributed by atoms with E-state index in [-0.39, 0.29) is 26.5 Å². The summed E-state index contributed by atoms with van der Waals surface area (Å²) in [6.07, 6.45) is 0.150. The minimum absolute atomic E-state index is 0.00228. The second-order valence-electron chi connectivity index (χ2n) is 2.35. The Bertz CT molecular complexity index is 175. The predicted octanol–water partition coefficient (Wildman–Crippen LogP) is 1.14. The zero-order valence-electron chi connectivity index (χ0n) is 9.04. The monoisotopic (exact) mass is 189 g/mol. The van der Waals surface area contributed by atoms with E-state index in [4.69, 9.17) is 10.8 Å². The van der Waals surface area contributed by atoms with Crippen LogP contribution in [0.25, 0.3) is 0 Å². The van der Waals surface area contributed by atoms with E-state index in [2.05, 4.69) is 0 Å². The second-order valence-corrected chi connectivity index (χ2v) is 2.35. The van der Waals surface area contributed by atoms with Crippen LogP contribution in [-0.4, -0.2) is 25.2 Å². The van der Waals surface area contributed by atoms with E-state index in [1.165, 1.54) is 0 Å². The van der Waals surface area contributed by atoms with Crippen LogP contribution in [0.15, 0.2) is 0 Å². The lowest BCUT2D eigenvalue weighted by Gasteiger charge is -2.11. The van der Waals surface area contributed by atoms with Gasteiger partial charge in [-0.25, -0.2) is 0 Å². The van der Waals surface area contributed by atoms with E-state index >= 15 is 0 Å². The fraction of sp³-hybridized carbons (Fsp3) is 0.778. The number of hydrogen-bond donors (Lipinski definition) is 0. The molecule has 0 saturated carbocycles. The molecular formula is C9H16O4. The maximum Gasteiger partial charge on any atom is 0.320 e. The highest BCUT2D eigenvalue weighted by Gasteiger charge is 2.26. The maximum atomic E-state index is 11.2. The van der Waals surface area contributed by atoms with E-state index < -0.39 is 17.9 Å². The molecule has 0 spiro atoms. The van der Waals surface area contributed by atoms with Crippen molar-refractivity contribution in [2.24, 2.45) is 5.92 Å². The van der Waals surface area contributed by atoms with Crippen LogP contribution in [-0.2, 0) is 19.1 Å². The third-order valence-electron chi connectivity index (χ3n) is 1.43. The number of ether oxygens (including phenoxy) is 2. The predicted molar refractivity (Wildman–Crippen MR) is 47.0 cm³/mol. The Hall–Kier alpha value is -1.06. The molecule has 0 aromatic heterocycles. The third-order valence-corrected chi connectivity index (χ3v) is 1.43. The van der Waals surface area contributed by atoms with Crippen LogP contribution >= 0.6 is 0 Å². The fourth-order valence-electron chi connectivity index (χ4n) is 0.818. The molecule has 0 fully saturated rings. The summed E-state index contributed by atoms with van der Waals surface area (Å²) in [6, 6.07) is 0. The first-order chi connectivity index (χ1) is 6.67. The molecule has 0 N–H and O–H groups in total. The van der Waals surface area contributed by atoms with Gasteiger partial charge in [-0.15, -0.1) is 0 Å². The molecule has 0 rings (SSSR count). The quantitative estimate of drug-likeness (QED) is 0.480. The molecule has 0 amide bonds. The molecule has 0 aliphatic carbocycles. The molecule has 0 radical (unpaired) electrons. The summed E-state index contributed by atoms with van der Waals surface area (Å²) in [4.78, 5) is 22.5. The Labute approximate surface area is 79.6 Å². The van der Waals surface area contributed by atoms with E-state index in [0.717, 1.165) is 0 Å². The molecule has 0 aliphatic rings. The molecule has 76 valence electrons. The molecule has 0 aromatic rings. The normalized spacial score (nSPS) is 10.8. The third kappa shape index (κ3) is 3.92. The van der Waals surface area contributed by atoms with Gasteiger partial charge in [-0.05, 0) is 20.3 Å². The lowest BCUT2D eigenvalue weighted by Crippen LogP contribution is -2.27. The molecule has 0 unspecified atom stereocenters.